The van der Waals surface area contributed by atoms with Crippen LogP contribution in [0.25, 0.3) is 0 Å². The van der Waals surface area contributed by atoms with Gasteiger partial charge in [-0.25, -0.2) is 9.18 Å². The fraction of sp³-hybridized carbons (Fsp3) is 0.700. The standard InChI is InChI=1S/C30H42FN5O4/c1-30(2,3)40-29(38)36-24-9-7-21(16-24)27(36)28(37)33-22(18-32)15-20-6-8-23(17-26(20)31)35-12-10-34(11-13-35)19-25-5-4-14-39-25/h6,8,17,21-22,24-25,27H,4-5,7,9-16,19H2,1-3H3,(H,33,37)/t21-,22-,24+,25?,27-/m0/s1. The van der Waals surface area contributed by atoms with Crippen molar-refractivity contribution in [3.63, 3.8) is 0 Å². The molecule has 0 spiro atoms. The minimum absolute atomic E-state index is 0.0287. The number of benzene rings is 1. The number of rotatable bonds is 7. The molecular weight excluding hydrogens is 513 g/mol. The molecule has 4 aliphatic rings. The first-order valence-electron chi connectivity index (χ1n) is 14.7. The minimum atomic E-state index is -0.909. The molecule has 3 saturated heterocycles. The van der Waals surface area contributed by atoms with Gasteiger partial charge in [-0.1, -0.05) is 6.07 Å². The van der Waals surface area contributed by atoms with Crippen molar-refractivity contribution in [2.75, 3.05) is 44.2 Å². The largest absolute Gasteiger partial charge is 0.444 e. The maximum atomic E-state index is 15.2. The van der Waals surface area contributed by atoms with Gasteiger partial charge in [0.2, 0.25) is 5.91 Å². The summed E-state index contributed by atoms with van der Waals surface area (Å²) in [6.45, 7) is 10.7. The number of anilines is 1. The summed E-state index contributed by atoms with van der Waals surface area (Å²) in [6.07, 6.45) is 4.61. The Labute approximate surface area is 236 Å². The number of halogens is 1. The molecule has 1 N–H and O–H groups in total. The highest BCUT2D eigenvalue weighted by molar-refractivity contribution is 5.87. The third-order valence-corrected chi connectivity index (χ3v) is 8.61. The molecular formula is C30H42FN5O4. The molecule has 40 heavy (non-hydrogen) atoms. The third-order valence-electron chi connectivity index (χ3n) is 8.61. The van der Waals surface area contributed by atoms with Crippen LogP contribution in [0.1, 0.15) is 58.4 Å². The van der Waals surface area contributed by atoms with Crippen molar-refractivity contribution >= 4 is 17.7 Å². The van der Waals surface area contributed by atoms with E-state index >= 15 is 4.39 Å². The van der Waals surface area contributed by atoms with E-state index in [1.54, 1.807) is 31.7 Å². The number of hydrogen-bond donors (Lipinski definition) is 1. The molecule has 4 fully saturated rings. The van der Waals surface area contributed by atoms with Gasteiger partial charge in [-0.05, 0) is 76.5 Å². The van der Waals surface area contributed by atoms with Crippen LogP contribution in [0, 0.1) is 23.1 Å². The van der Waals surface area contributed by atoms with Gasteiger partial charge in [-0.15, -0.1) is 0 Å². The molecule has 1 aliphatic carbocycles. The second kappa shape index (κ2) is 11.9. The topological polar surface area (TPSA) is 98.1 Å². The molecule has 5 rings (SSSR count). The van der Waals surface area contributed by atoms with E-state index in [0.29, 0.717) is 11.7 Å². The Morgan fingerprint density at radius 3 is 2.62 bits per heavy atom. The van der Waals surface area contributed by atoms with E-state index in [0.717, 1.165) is 77.1 Å². The number of piperidine rings is 1. The van der Waals surface area contributed by atoms with Crippen molar-refractivity contribution in [3.05, 3.63) is 29.6 Å². The highest BCUT2D eigenvalue weighted by Crippen LogP contribution is 2.43. The van der Waals surface area contributed by atoms with E-state index in [1.165, 1.54) is 6.07 Å². The number of nitrogens with one attached hydrogen (secondary N) is 1. The first-order chi connectivity index (χ1) is 19.1. The molecule has 1 aromatic rings. The molecule has 2 amide bonds. The van der Waals surface area contributed by atoms with Crippen molar-refractivity contribution < 1.29 is 23.5 Å². The van der Waals surface area contributed by atoms with Gasteiger partial charge in [0.25, 0.3) is 0 Å². The average molecular weight is 556 g/mol. The molecule has 1 unspecified atom stereocenters. The Balaban J connectivity index is 1.17. The highest BCUT2D eigenvalue weighted by atomic mass is 19.1. The summed E-state index contributed by atoms with van der Waals surface area (Å²) >= 11 is 0. The first-order valence-corrected chi connectivity index (χ1v) is 14.7. The van der Waals surface area contributed by atoms with Gasteiger partial charge in [0.05, 0.1) is 12.2 Å². The van der Waals surface area contributed by atoms with E-state index in [2.05, 4.69) is 21.2 Å². The summed E-state index contributed by atoms with van der Waals surface area (Å²) in [5, 5.41) is 12.6. The summed E-state index contributed by atoms with van der Waals surface area (Å²) in [4.78, 5) is 32.4. The summed E-state index contributed by atoms with van der Waals surface area (Å²) in [5.74, 6) is -0.717. The van der Waals surface area contributed by atoms with E-state index in [-0.39, 0.29) is 30.1 Å². The number of ether oxygens (including phenoxy) is 2. The van der Waals surface area contributed by atoms with Gasteiger partial charge in [0.1, 0.15) is 23.5 Å². The number of carbonyl (C=O) groups excluding carboxylic acids is 2. The van der Waals surface area contributed by atoms with Crippen LogP contribution in [0.4, 0.5) is 14.9 Å². The molecule has 218 valence electrons. The average Bonchev–Trinajstić information content (AvgIpc) is 3.67. The summed E-state index contributed by atoms with van der Waals surface area (Å²) in [6, 6.07) is 5.64. The van der Waals surface area contributed by atoms with Crippen LogP contribution in [0.2, 0.25) is 0 Å². The van der Waals surface area contributed by atoms with Crippen molar-refractivity contribution in [2.45, 2.75) is 89.1 Å². The van der Waals surface area contributed by atoms with Crippen molar-refractivity contribution in [1.29, 1.82) is 5.26 Å². The van der Waals surface area contributed by atoms with Gasteiger partial charge >= 0.3 is 6.09 Å². The van der Waals surface area contributed by atoms with Gasteiger partial charge in [-0.2, -0.15) is 5.26 Å². The van der Waals surface area contributed by atoms with Gasteiger partial charge < -0.3 is 19.7 Å². The second-order valence-corrected chi connectivity index (χ2v) is 12.7. The van der Waals surface area contributed by atoms with Crippen molar-refractivity contribution in [2.24, 2.45) is 5.92 Å². The Hall–Kier alpha value is -2.90. The van der Waals surface area contributed by atoms with Crippen LogP contribution >= 0.6 is 0 Å². The number of piperazine rings is 1. The zero-order chi connectivity index (χ0) is 28.4. The maximum absolute atomic E-state index is 15.2. The van der Waals surface area contributed by atoms with Gasteiger partial charge in [0, 0.05) is 57.5 Å². The summed E-state index contributed by atoms with van der Waals surface area (Å²) < 4.78 is 26.5. The molecule has 0 aromatic heterocycles. The minimum Gasteiger partial charge on any atom is -0.444 e. The number of carbonyl (C=O) groups is 2. The zero-order valence-electron chi connectivity index (χ0n) is 23.9. The van der Waals surface area contributed by atoms with Crippen LogP contribution in [0.3, 0.4) is 0 Å². The smallest absolute Gasteiger partial charge is 0.411 e. The predicted molar refractivity (Wildman–Crippen MR) is 148 cm³/mol. The Kier molecular flexibility index (Phi) is 8.52. The third kappa shape index (κ3) is 6.52. The van der Waals surface area contributed by atoms with Crippen molar-refractivity contribution in [1.82, 2.24) is 15.1 Å². The maximum Gasteiger partial charge on any atom is 0.411 e. The molecule has 5 atom stereocenters. The highest BCUT2D eigenvalue weighted by Gasteiger charge is 2.52. The molecule has 10 heteroatoms. The molecule has 2 bridgehead atoms. The SMILES string of the molecule is CC(C)(C)OC(=O)N1[C@@H]2CC[C@@H](C2)[C@H]1C(=O)N[C@H](C#N)Cc1ccc(N2CCN(CC3CCCO3)CC2)cc1F. The quantitative estimate of drug-likeness (QED) is 0.550. The summed E-state index contributed by atoms with van der Waals surface area (Å²) in [7, 11) is 0. The monoisotopic (exact) mass is 555 g/mol. The van der Waals surface area contributed by atoms with Crippen LogP contribution in [0.15, 0.2) is 18.2 Å². The Morgan fingerprint density at radius 1 is 1.20 bits per heavy atom. The number of nitrogens with zero attached hydrogens (tertiary/aromatic N) is 4. The fourth-order valence-corrected chi connectivity index (χ4v) is 6.67. The Morgan fingerprint density at radius 2 is 1.98 bits per heavy atom. The van der Waals surface area contributed by atoms with Gasteiger partial charge in [0.15, 0.2) is 0 Å². The van der Waals surface area contributed by atoms with E-state index in [9.17, 15) is 14.9 Å². The normalized spacial score (nSPS) is 27.5. The van der Waals surface area contributed by atoms with Gasteiger partial charge in [-0.3, -0.25) is 14.6 Å². The molecule has 1 saturated carbocycles. The van der Waals surface area contributed by atoms with E-state index in [1.807, 2.05) is 6.07 Å². The second-order valence-electron chi connectivity index (χ2n) is 12.7. The lowest BCUT2D eigenvalue weighted by Gasteiger charge is -2.37. The molecule has 1 aromatic carbocycles. The lowest BCUT2D eigenvalue weighted by Crippen LogP contribution is -2.55. The van der Waals surface area contributed by atoms with Crippen LogP contribution < -0.4 is 10.2 Å². The molecule has 9 nitrogen and oxygen atoms in total. The number of likely N-dealkylation sites (tertiary alicyclic amines) is 1. The summed E-state index contributed by atoms with van der Waals surface area (Å²) in [5.41, 5.74) is 0.534. The number of nitriles is 1. The lowest BCUT2D eigenvalue weighted by molar-refractivity contribution is -0.128. The van der Waals surface area contributed by atoms with Crippen LogP contribution in [-0.4, -0.2) is 91.0 Å². The number of fused-ring (bicyclic) bond motifs is 2. The number of amides is 2. The Bertz CT molecular complexity index is 1120. The van der Waals surface area contributed by atoms with E-state index in [4.69, 9.17) is 9.47 Å². The van der Waals surface area contributed by atoms with Crippen LogP contribution in [0.5, 0.6) is 0 Å². The molecule has 3 heterocycles. The number of hydrogen-bond acceptors (Lipinski definition) is 7. The predicted octanol–water partition coefficient (Wildman–Crippen LogP) is 3.47. The van der Waals surface area contributed by atoms with Crippen molar-refractivity contribution in [3.8, 4) is 6.07 Å². The van der Waals surface area contributed by atoms with Crippen LogP contribution in [-0.2, 0) is 20.7 Å². The molecule has 0 radical (unpaired) electrons. The first kappa shape index (κ1) is 28.6. The zero-order valence-corrected chi connectivity index (χ0v) is 23.9. The van der Waals surface area contributed by atoms with E-state index < -0.39 is 23.8 Å². The lowest BCUT2D eigenvalue weighted by atomic mass is 9.97. The fourth-order valence-electron chi connectivity index (χ4n) is 6.67. The molecule has 3 aliphatic heterocycles.